The van der Waals surface area contributed by atoms with E-state index in [4.69, 9.17) is 0 Å². The Bertz CT molecular complexity index is 738. The van der Waals surface area contributed by atoms with Crippen LogP contribution in [0.15, 0.2) is 46.0 Å². The molecule has 0 fully saturated rings. The van der Waals surface area contributed by atoms with Gasteiger partial charge in [-0.2, -0.15) is 0 Å². The summed E-state index contributed by atoms with van der Waals surface area (Å²) in [5.74, 6) is -1.83. The number of rotatable bonds is 7. The molecule has 0 aliphatic carbocycles. The molecule has 0 saturated carbocycles. The molecule has 7 heteroatoms. The molecule has 0 amide bonds. The molecule has 0 spiro atoms. The molecule has 118 valence electrons. The molecule has 0 aliphatic heterocycles. The Labute approximate surface area is 133 Å². The van der Waals surface area contributed by atoms with Crippen LogP contribution >= 0.6 is 11.3 Å². The highest BCUT2D eigenvalue weighted by Crippen LogP contribution is 2.19. The average molecular weight is 339 g/mol. The molecular formula is C15H17NO4S2. The van der Waals surface area contributed by atoms with E-state index in [1.807, 2.05) is 37.3 Å². The van der Waals surface area contributed by atoms with Crippen LogP contribution in [0.3, 0.4) is 0 Å². The van der Waals surface area contributed by atoms with Crippen molar-refractivity contribution in [2.45, 2.75) is 17.6 Å². The number of carboxylic acids is 1. The third kappa shape index (κ3) is 4.40. The van der Waals surface area contributed by atoms with Crippen molar-refractivity contribution >= 4 is 27.3 Å². The van der Waals surface area contributed by atoms with Crippen molar-refractivity contribution in [1.82, 2.24) is 4.72 Å². The Balaban J connectivity index is 2.04. The van der Waals surface area contributed by atoms with Crippen molar-refractivity contribution in [3.8, 4) is 0 Å². The molecule has 1 heterocycles. The summed E-state index contributed by atoms with van der Waals surface area (Å²) in [5.41, 5.74) is 1.73. The molecule has 2 N–H and O–H groups in total. The van der Waals surface area contributed by atoms with Gasteiger partial charge in [0.25, 0.3) is 0 Å². The molecule has 2 aromatic rings. The summed E-state index contributed by atoms with van der Waals surface area (Å²) in [6.45, 7) is 1.68. The van der Waals surface area contributed by atoms with Crippen molar-refractivity contribution in [2.75, 3.05) is 6.54 Å². The first-order chi connectivity index (χ1) is 10.4. The third-order valence-corrected chi connectivity index (χ3v) is 6.15. The lowest BCUT2D eigenvalue weighted by molar-refractivity contribution is -0.141. The van der Waals surface area contributed by atoms with E-state index >= 15 is 0 Å². The van der Waals surface area contributed by atoms with Gasteiger partial charge < -0.3 is 5.11 Å². The minimum absolute atomic E-state index is 0.135. The van der Waals surface area contributed by atoms with Crippen LogP contribution in [0.2, 0.25) is 0 Å². The zero-order valence-electron chi connectivity index (χ0n) is 12.0. The molecule has 22 heavy (non-hydrogen) atoms. The van der Waals surface area contributed by atoms with Gasteiger partial charge in [-0.05, 0) is 35.9 Å². The average Bonchev–Trinajstić information content (AvgIpc) is 2.92. The maximum absolute atomic E-state index is 12.1. The molecule has 0 bridgehead atoms. The van der Waals surface area contributed by atoms with Crippen molar-refractivity contribution in [1.29, 1.82) is 0 Å². The van der Waals surface area contributed by atoms with Crippen LogP contribution in [-0.4, -0.2) is 26.0 Å². The Morgan fingerprint density at radius 1 is 1.32 bits per heavy atom. The molecule has 1 atom stereocenters. The van der Waals surface area contributed by atoms with Gasteiger partial charge in [0.15, 0.2) is 0 Å². The molecule has 1 unspecified atom stereocenters. The number of hydrogen-bond acceptors (Lipinski definition) is 4. The van der Waals surface area contributed by atoms with Crippen molar-refractivity contribution in [3.63, 3.8) is 0 Å². The van der Waals surface area contributed by atoms with E-state index in [0.29, 0.717) is 0 Å². The van der Waals surface area contributed by atoms with Crippen LogP contribution in [0, 0.1) is 12.8 Å². The predicted molar refractivity (Wildman–Crippen MR) is 85.5 cm³/mol. The quantitative estimate of drug-likeness (QED) is 0.810. The number of nitrogens with one attached hydrogen (secondary N) is 1. The number of carbonyl (C=O) groups is 1. The topological polar surface area (TPSA) is 83.5 Å². The summed E-state index contributed by atoms with van der Waals surface area (Å²) in [7, 11) is -3.66. The number of carboxylic acid groups (broad SMARTS) is 1. The van der Waals surface area contributed by atoms with Gasteiger partial charge in [0, 0.05) is 6.54 Å². The van der Waals surface area contributed by atoms with Gasteiger partial charge in [-0.1, -0.05) is 30.3 Å². The second-order valence-electron chi connectivity index (χ2n) is 5.02. The highest BCUT2D eigenvalue weighted by atomic mass is 32.2. The molecule has 1 aromatic carbocycles. The largest absolute Gasteiger partial charge is 0.481 e. The first-order valence-electron chi connectivity index (χ1n) is 6.70. The molecule has 1 aromatic heterocycles. The lowest BCUT2D eigenvalue weighted by Crippen LogP contribution is -2.33. The fourth-order valence-electron chi connectivity index (χ4n) is 1.97. The second kappa shape index (κ2) is 7.04. The number of aliphatic carboxylic acids is 1. The Morgan fingerprint density at radius 2 is 2.00 bits per heavy atom. The number of aryl methyl sites for hydroxylation is 1. The normalized spacial score (nSPS) is 13.0. The molecule has 0 saturated heterocycles. The van der Waals surface area contributed by atoms with E-state index in [-0.39, 0.29) is 17.2 Å². The van der Waals surface area contributed by atoms with E-state index in [1.165, 1.54) is 0 Å². The van der Waals surface area contributed by atoms with Crippen LogP contribution in [0.4, 0.5) is 0 Å². The van der Waals surface area contributed by atoms with E-state index in [9.17, 15) is 18.3 Å². The van der Waals surface area contributed by atoms with Crippen LogP contribution in [-0.2, 0) is 21.2 Å². The predicted octanol–water partition coefficient (Wildman–Crippen LogP) is 2.28. The van der Waals surface area contributed by atoms with Gasteiger partial charge in [0.05, 0.1) is 5.92 Å². The van der Waals surface area contributed by atoms with Crippen LogP contribution in [0.5, 0.6) is 0 Å². The molecular weight excluding hydrogens is 322 g/mol. The zero-order chi connectivity index (χ0) is 16.2. The minimum atomic E-state index is -3.66. The Morgan fingerprint density at radius 3 is 2.55 bits per heavy atom. The van der Waals surface area contributed by atoms with Crippen LogP contribution < -0.4 is 4.72 Å². The SMILES string of the molecule is Cc1csc(S(=O)(=O)NCC(Cc2ccccc2)C(=O)O)c1. The number of hydrogen-bond donors (Lipinski definition) is 2. The summed E-state index contributed by atoms with van der Waals surface area (Å²) in [6, 6.07) is 10.7. The van der Waals surface area contributed by atoms with Crippen LogP contribution in [0.25, 0.3) is 0 Å². The fraction of sp³-hybridized carbons (Fsp3) is 0.267. The summed E-state index contributed by atoms with van der Waals surface area (Å²) in [4.78, 5) is 11.3. The van der Waals surface area contributed by atoms with Gasteiger partial charge in [0.1, 0.15) is 4.21 Å². The highest BCUT2D eigenvalue weighted by Gasteiger charge is 2.23. The maximum atomic E-state index is 12.1. The van der Waals surface area contributed by atoms with E-state index < -0.39 is 21.9 Å². The Kier molecular flexibility index (Phi) is 5.33. The summed E-state index contributed by atoms with van der Waals surface area (Å²) in [6.07, 6.45) is 0.280. The van der Waals surface area contributed by atoms with Gasteiger partial charge in [-0.15, -0.1) is 11.3 Å². The van der Waals surface area contributed by atoms with E-state index in [1.54, 1.807) is 11.4 Å². The monoisotopic (exact) mass is 339 g/mol. The van der Waals surface area contributed by atoms with Crippen LogP contribution in [0.1, 0.15) is 11.1 Å². The smallest absolute Gasteiger partial charge is 0.308 e. The summed E-state index contributed by atoms with van der Waals surface area (Å²) < 4.78 is 26.9. The minimum Gasteiger partial charge on any atom is -0.481 e. The van der Waals surface area contributed by atoms with Crippen molar-refractivity contribution in [2.24, 2.45) is 5.92 Å². The number of benzene rings is 1. The molecule has 2 rings (SSSR count). The summed E-state index contributed by atoms with van der Waals surface area (Å²) >= 11 is 1.12. The van der Waals surface area contributed by atoms with Crippen molar-refractivity contribution < 1.29 is 18.3 Å². The van der Waals surface area contributed by atoms with E-state index in [2.05, 4.69) is 4.72 Å². The highest BCUT2D eigenvalue weighted by molar-refractivity contribution is 7.91. The standard InChI is InChI=1S/C15H17NO4S2/c1-11-7-14(21-10-11)22(19,20)16-9-13(15(17)18)8-12-5-3-2-4-6-12/h2-7,10,13,16H,8-9H2,1H3,(H,17,18). The van der Waals surface area contributed by atoms with Gasteiger partial charge >= 0.3 is 5.97 Å². The van der Waals surface area contributed by atoms with Gasteiger partial charge in [-0.3, -0.25) is 4.79 Å². The van der Waals surface area contributed by atoms with Gasteiger partial charge in [0.2, 0.25) is 10.0 Å². The first kappa shape index (κ1) is 16.7. The number of thiophene rings is 1. The third-order valence-electron chi connectivity index (χ3n) is 3.17. The maximum Gasteiger partial charge on any atom is 0.308 e. The molecule has 5 nitrogen and oxygen atoms in total. The molecule has 0 aliphatic rings. The molecule has 0 radical (unpaired) electrons. The Hall–Kier alpha value is -1.70. The van der Waals surface area contributed by atoms with Crippen molar-refractivity contribution in [3.05, 3.63) is 52.9 Å². The first-order valence-corrected chi connectivity index (χ1v) is 9.06. The van der Waals surface area contributed by atoms with E-state index in [0.717, 1.165) is 22.5 Å². The zero-order valence-corrected chi connectivity index (χ0v) is 13.7. The summed E-state index contributed by atoms with van der Waals surface area (Å²) in [5, 5.41) is 11.0. The second-order valence-corrected chi connectivity index (χ2v) is 7.92. The lowest BCUT2D eigenvalue weighted by atomic mass is 10.00. The number of sulfonamides is 1. The fourth-order valence-corrected chi connectivity index (χ4v) is 4.33. The van der Waals surface area contributed by atoms with Gasteiger partial charge in [-0.25, -0.2) is 13.1 Å². The lowest BCUT2D eigenvalue weighted by Gasteiger charge is -2.13.